The molecule has 0 N–H and O–H groups in total. The zero-order valence-corrected chi connectivity index (χ0v) is 9.08. The summed E-state index contributed by atoms with van der Waals surface area (Å²) in [6, 6.07) is 1.16. The Balaban J connectivity index is 2.94. The number of ketones is 1. The van der Waals surface area contributed by atoms with Gasteiger partial charge in [-0.05, 0) is 26.8 Å². The molecular formula is C11H14FNO2. The minimum atomic E-state index is -0.940. The van der Waals surface area contributed by atoms with E-state index in [2.05, 4.69) is 4.98 Å². The second-order valence-electron chi connectivity index (χ2n) is 3.66. The number of pyridine rings is 1. The van der Waals surface area contributed by atoms with Gasteiger partial charge in [-0.3, -0.25) is 9.78 Å². The van der Waals surface area contributed by atoms with Gasteiger partial charge in [0.15, 0.2) is 5.78 Å². The van der Waals surface area contributed by atoms with Gasteiger partial charge in [-0.25, -0.2) is 4.39 Å². The van der Waals surface area contributed by atoms with E-state index in [9.17, 15) is 9.18 Å². The summed E-state index contributed by atoms with van der Waals surface area (Å²) >= 11 is 0. The molecule has 1 rings (SSSR count). The van der Waals surface area contributed by atoms with Crippen molar-refractivity contribution >= 4 is 5.78 Å². The van der Waals surface area contributed by atoms with E-state index in [-0.39, 0.29) is 11.3 Å². The van der Waals surface area contributed by atoms with Gasteiger partial charge in [0.25, 0.3) is 0 Å². The average Bonchev–Trinajstić information content (AvgIpc) is 2.16. The third kappa shape index (κ3) is 2.83. The van der Waals surface area contributed by atoms with E-state index in [1.165, 1.54) is 6.20 Å². The first-order valence-electron chi connectivity index (χ1n) is 4.76. The highest BCUT2D eigenvalue weighted by molar-refractivity contribution is 6.01. The van der Waals surface area contributed by atoms with Crippen LogP contribution in [-0.4, -0.2) is 23.0 Å². The molecule has 1 heterocycles. The molecular weight excluding hydrogens is 197 g/mol. The summed E-state index contributed by atoms with van der Waals surface area (Å²) in [4.78, 5) is 15.5. The highest BCUT2D eigenvalue weighted by Gasteiger charge is 2.29. The molecule has 0 bridgehead atoms. The van der Waals surface area contributed by atoms with E-state index >= 15 is 0 Å². The number of aromatic nitrogens is 1. The summed E-state index contributed by atoms with van der Waals surface area (Å²) in [6.07, 6.45) is 2.40. The summed E-state index contributed by atoms with van der Waals surface area (Å²) in [5.41, 5.74) is -0.710. The molecule has 1 aromatic rings. The predicted octanol–water partition coefficient (Wildman–Crippen LogP) is 2.22. The fourth-order valence-electron chi connectivity index (χ4n) is 1.31. The molecule has 0 amide bonds. The van der Waals surface area contributed by atoms with E-state index < -0.39 is 11.4 Å². The van der Waals surface area contributed by atoms with Crippen molar-refractivity contribution in [1.29, 1.82) is 0 Å². The van der Waals surface area contributed by atoms with Crippen LogP contribution in [0.1, 0.15) is 31.1 Å². The molecule has 0 atom stereocenters. The van der Waals surface area contributed by atoms with Crippen LogP contribution in [0, 0.1) is 5.82 Å². The summed E-state index contributed by atoms with van der Waals surface area (Å²) in [5.74, 6) is -0.788. The first kappa shape index (κ1) is 11.8. The third-order valence-corrected chi connectivity index (χ3v) is 2.02. The van der Waals surface area contributed by atoms with Crippen LogP contribution in [0.5, 0.6) is 0 Å². The van der Waals surface area contributed by atoms with Crippen LogP contribution in [0.2, 0.25) is 0 Å². The molecule has 0 saturated carbocycles. The highest BCUT2D eigenvalue weighted by Crippen LogP contribution is 2.16. The molecule has 0 saturated heterocycles. The van der Waals surface area contributed by atoms with Gasteiger partial charge in [0, 0.05) is 18.4 Å². The lowest BCUT2D eigenvalue weighted by atomic mass is 9.98. The standard InChI is InChI=1S/C11H14FNO2/c1-4-15-11(2,3)10(14)8-5-9(12)7-13-6-8/h5-7H,4H2,1-3H3. The van der Waals surface area contributed by atoms with Gasteiger partial charge in [0.1, 0.15) is 11.4 Å². The van der Waals surface area contributed by atoms with Gasteiger partial charge in [-0.15, -0.1) is 0 Å². The van der Waals surface area contributed by atoms with E-state index in [0.717, 1.165) is 12.3 Å². The summed E-state index contributed by atoms with van der Waals surface area (Å²) in [7, 11) is 0. The van der Waals surface area contributed by atoms with Crippen molar-refractivity contribution in [1.82, 2.24) is 4.98 Å². The Morgan fingerprint density at radius 1 is 1.53 bits per heavy atom. The number of carbonyl (C=O) groups is 1. The summed E-state index contributed by atoms with van der Waals surface area (Å²) in [5, 5.41) is 0. The Morgan fingerprint density at radius 2 is 2.20 bits per heavy atom. The van der Waals surface area contributed by atoms with Crippen LogP contribution in [0.3, 0.4) is 0 Å². The van der Waals surface area contributed by atoms with Crippen molar-refractivity contribution < 1.29 is 13.9 Å². The van der Waals surface area contributed by atoms with Crippen molar-refractivity contribution in [2.75, 3.05) is 6.61 Å². The molecule has 0 aliphatic carbocycles. The molecule has 3 nitrogen and oxygen atoms in total. The molecule has 0 radical (unpaired) electrons. The molecule has 1 aromatic heterocycles. The number of rotatable bonds is 4. The molecule has 4 heteroatoms. The molecule has 0 aromatic carbocycles. The third-order valence-electron chi connectivity index (χ3n) is 2.02. The van der Waals surface area contributed by atoms with E-state index in [1.807, 2.05) is 0 Å². The molecule has 15 heavy (non-hydrogen) atoms. The molecule has 0 aliphatic rings. The Kier molecular flexibility index (Phi) is 3.52. The Hall–Kier alpha value is -1.29. The van der Waals surface area contributed by atoms with Crippen molar-refractivity contribution in [3.63, 3.8) is 0 Å². The van der Waals surface area contributed by atoms with Gasteiger partial charge in [0.2, 0.25) is 0 Å². The van der Waals surface area contributed by atoms with Crippen LogP contribution in [0.25, 0.3) is 0 Å². The topological polar surface area (TPSA) is 39.2 Å². The molecule has 0 fully saturated rings. The summed E-state index contributed by atoms with van der Waals surface area (Å²) < 4.78 is 18.1. The van der Waals surface area contributed by atoms with Crippen LogP contribution in [-0.2, 0) is 4.74 Å². The normalized spacial score (nSPS) is 11.5. The van der Waals surface area contributed by atoms with Crippen molar-refractivity contribution in [2.45, 2.75) is 26.4 Å². The highest BCUT2D eigenvalue weighted by atomic mass is 19.1. The first-order chi connectivity index (χ1) is 6.97. The predicted molar refractivity (Wildman–Crippen MR) is 54.2 cm³/mol. The lowest BCUT2D eigenvalue weighted by molar-refractivity contribution is 0.00120. The van der Waals surface area contributed by atoms with Crippen LogP contribution < -0.4 is 0 Å². The number of ether oxygens (including phenoxy) is 1. The van der Waals surface area contributed by atoms with Crippen LogP contribution in [0.4, 0.5) is 4.39 Å². The number of hydrogen-bond acceptors (Lipinski definition) is 3. The van der Waals surface area contributed by atoms with Crippen LogP contribution in [0.15, 0.2) is 18.5 Å². The van der Waals surface area contributed by atoms with E-state index in [0.29, 0.717) is 6.61 Å². The van der Waals surface area contributed by atoms with E-state index in [1.54, 1.807) is 20.8 Å². The molecule has 0 unspecified atom stereocenters. The maximum Gasteiger partial charge on any atom is 0.195 e. The van der Waals surface area contributed by atoms with Gasteiger partial charge >= 0.3 is 0 Å². The Morgan fingerprint density at radius 3 is 2.73 bits per heavy atom. The number of hydrogen-bond donors (Lipinski definition) is 0. The number of carbonyl (C=O) groups excluding carboxylic acids is 1. The number of halogens is 1. The fourth-order valence-corrected chi connectivity index (χ4v) is 1.31. The smallest absolute Gasteiger partial charge is 0.195 e. The Labute approximate surface area is 88.3 Å². The SMILES string of the molecule is CCOC(C)(C)C(=O)c1cncc(F)c1. The van der Waals surface area contributed by atoms with Gasteiger partial charge in [-0.1, -0.05) is 0 Å². The van der Waals surface area contributed by atoms with Crippen molar-refractivity contribution in [3.05, 3.63) is 29.8 Å². The van der Waals surface area contributed by atoms with Crippen molar-refractivity contribution in [3.8, 4) is 0 Å². The lowest BCUT2D eigenvalue weighted by Crippen LogP contribution is -2.35. The van der Waals surface area contributed by atoms with Gasteiger partial charge in [-0.2, -0.15) is 0 Å². The molecule has 82 valence electrons. The van der Waals surface area contributed by atoms with Crippen molar-refractivity contribution in [2.24, 2.45) is 0 Å². The molecule has 0 spiro atoms. The number of Topliss-reactive ketones (excluding diaryl/α,β-unsaturated/α-hetero) is 1. The first-order valence-corrected chi connectivity index (χ1v) is 4.76. The zero-order chi connectivity index (χ0) is 11.5. The van der Waals surface area contributed by atoms with E-state index in [4.69, 9.17) is 4.74 Å². The largest absolute Gasteiger partial charge is 0.368 e. The lowest BCUT2D eigenvalue weighted by Gasteiger charge is -2.22. The fraction of sp³-hybridized carbons (Fsp3) is 0.455. The minimum absolute atomic E-state index is 0.230. The quantitative estimate of drug-likeness (QED) is 0.717. The zero-order valence-electron chi connectivity index (χ0n) is 9.08. The Bertz CT molecular complexity index is 363. The minimum Gasteiger partial charge on any atom is -0.368 e. The summed E-state index contributed by atoms with van der Waals surface area (Å²) in [6.45, 7) is 5.55. The average molecular weight is 211 g/mol. The van der Waals surface area contributed by atoms with Gasteiger partial charge < -0.3 is 4.74 Å². The maximum atomic E-state index is 12.8. The monoisotopic (exact) mass is 211 g/mol. The van der Waals surface area contributed by atoms with Gasteiger partial charge in [0.05, 0.1) is 6.20 Å². The second-order valence-corrected chi connectivity index (χ2v) is 3.66. The van der Waals surface area contributed by atoms with Crippen LogP contribution >= 0.6 is 0 Å². The molecule has 0 aliphatic heterocycles. The maximum absolute atomic E-state index is 12.8. The number of nitrogens with zero attached hydrogens (tertiary/aromatic N) is 1. The second kappa shape index (κ2) is 4.49.